The lowest BCUT2D eigenvalue weighted by atomic mass is 9.93. The van der Waals surface area contributed by atoms with E-state index >= 15 is 0 Å². The van der Waals surface area contributed by atoms with E-state index < -0.39 is 10.0 Å². The average Bonchev–Trinajstić information content (AvgIpc) is 3.16. The van der Waals surface area contributed by atoms with E-state index in [0.717, 1.165) is 31.2 Å². The van der Waals surface area contributed by atoms with Crippen molar-refractivity contribution in [2.45, 2.75) is 43.9 Å². The minimum Gasteiger partial charge on any atom is -0.331 e. The molecular formula is C19H28N4O3S. The average molecular weight is 393 g/mol. The van der Waals surface area contributed by atoms with Crippen molar-refractivity contribution in [1.29, 1.82) is 0 Å². The van der Waals surface area contributed by atoms with Crippen LogP contribution in [0.4, 0.5) is 6.01 Å². The van der Waals surface area contributed by atoms with Crippen molar-refractivity contribution >= 4 is 16.0 Å². The number of rotatable bonds is 7. The van der Waals surface area contributed by atoms with E-state index in [0.29, 0.717) is 42.2 Å². The van der Waals surface area contributed by atoms with Crippen LogP contribution in [0.25, 0.3) is 0 Å². The molecule has 3 rings (SSSR count). The van der Waals surface area contributed by atoms with E-state index in [1.807, 2.05) is 33.2 Å². The van der Waals surface area contributed by atoms with Crippen molar-refractivity contribution in [2.24, 2.45) is 5.92 Å². The molecule has 27 heavy (non-hydrogen) atoms. The van der Waals surface area contributed by atoms with Crippen molar-refractivity contribution in [3.05, 3.63) is 35.7 Å². The van der Waals surface area contributed by atoms with E-state index in [2.05, 4.69) is 10.1 Å². The molecule has 0 amide bonds. The number of hydrogen-bond acceptors (Lipinski definition) is 6. The standard InChI is InChI=1S/C19H28N4O3S/c1-4-16-7-5-6-8-17(16)27(24,25)23-13-11-15(12-14-23)9-10-18-20-19(22(2)3)26-21-18/h5-8,15H,4,9-14H2,1-3H3. The van der Waals surface area contributed by atoms with Gasteiger partial charge in [0.2, 0.25) is 10.0 Å². The van der Waals surface area contributed by atoms with Crippen LogP contribution in [0.2, 0.25) is 0 Å². The number of hydrogen-bond donors (Lipinski definition) is 0. The third kappa shape index (κ3) is 4.50. The van der Waals surface area contributed by atoms with Crippen LogP contribution in [-0.2, 0) is 22.9 Å². The second-order valence-electron chi connectivity index (χ2n) is 7.24. The molecule has 0 saturated carbocycles. The number of aromatic nitrogens is 2. The minimum atomic E-state index is -3.41. The van der Waals surface area contributed by atoms with Gasteiger partial charge in [-0.05, 0) is 43.2 Å². The summed E-state index contributed by atoms with van der Waals surface area (Å²) < 4.78 is 32.8. The molecule has 0 aliphatic carbocycles. The highest BCUT2D eigenvalue weighted by Gasteiger charge is 2.30. The van der Waals surface area contributed by atoms with E-state index in [9.17, 15) is 8.42 Å². The fraction of sp³-hybridized carbons (Fsp3) is 0.579. The molecule has 1 aliphatic rings. The second-order valence-corrected chi connectivity index (χ2v) is 9.14. The summed E-state index contributed by atoms with van der Waals surface area (Å²) in [5, 5.41) is 4.00. The normalized spacial score (nSPS) is 16.6. The Bertz CT molecular complexity index is 855. The lowest BCUT2D eigenvalue weighted by molar-refractivity contribution is 0.262. The molecule has 1 aromatic carbocycles. The molecule has 0 spiro atoms. The Morgan fingerprint density at radius 3 is 2.56 bits per heavy atom. The lowest BCUT2D eigenvalue weighted by Crippen LogP contribution is -2.38. The first-order chi connectivity index (χ1) is 12.9. The van der Waals surface area contributed by atoms with Crippen LogP contribution in [0.3, 0.4) is 0 Å². The predicted octanol–water partition coefficient (Wildman–Crippen LogP) is 2.73. The maximum absolute atomic E-state index is 13.0. The van der Waals surface area contributed by atoms with Crippen LogP contribution in [0, 0.1) is 5.92 Å². The third-order valence-corrected chi connectivity index (χ3v) is 7.16. The lowest BCUT2D eigenvalue weighted by Gasteiger charge is -2.31. The summed E-state index contributed by atoms with van der Waals surface area (Å²) in [5.74, 6) is 1.20. The molecule has 0 bridgehead atoms. The van der Waals surface area contributed by atoms with Gasteiger partial charge in [-0.2, -0.15) is 9.29 Å². The highest BCUT2D eigenvalue weighted by Crippen LogP contribution is 2.28. The molecule has 1 fully saturated rings. The fourth-order valence-electron chi connectivity index (χ4n) is 3.49. The second kappa shape index (κ2) is 8.39. The van der Waals surface area contributed by atoms with Gasteiger partial charge in [0.25, 0.3) is 0 Å². The summed E-state index contributed by atoms with van der Waals surface area (Å²) >= 11 is 0. The topological polar surface area (TPSA) is 79.5 Å². The van der Waals surface area contributed by atoms with Crippen LogP contribution < -0.4 is 4.90 Å². The van der Waals surface area contributed by atoms with Gasteiger partial charge >= 0.3 is 6.01 Å². The Balaban J connectivity index is 1.56. The molecule has 0 radical (unpaired) electrons. The van der Waals surface area contributed by atoms with E-state index in [1.165, 1.54) is 0 Å². The zero-order chi connectivity index (χ0) is 19.4. The number of benzene rings is 1. The number of sulfonamides is 1. The van der Waals surface area contributed by atoms with Crippen molar-refractivity contribution in [2.75, 3.05) is 32.1 Å². The first-order valence-electron chi connectivity index (χ1n) is 9.49. The zero-order valence-corrected chi connectivity index (χ0v) is 17.1. The SMILES string of the molecule is CCc1ccccc1S(=O)(=O)N1CCC(CCc2noc(N(C)C)n2)CC1. The molecule has 148 valence electrons. The number of anilines is 1. The molecule has 2 aromatic rings. The van der Waals surface area contributed by atoms with Crippen LogP contribution in [0.15, 0.2) is 33.7 Å². The Morgan fingerprint density at radius 1 is 1.22 bits per heavy atom. The fourth-order valence-corrected chi connectivity index (χ4v) is 5.25. The Kier molecular flexibility index (Phi) is 6.16. The Hall–Kier alpha value is -1.93. The van der Waals surface area contributed by atoms with Gasteiger partial charge in [0, 0.05) is 33.6 Å². The highest BCUT2D eigenvalue weighted by molar-refractivity contribution is 7.89. The molecule has 0 atom stereocenters. The monoisotopic (exact) mass is 392 g/mol. The van der Waals surface area contributed by atoms with Crippen molar-refractivity contribution in [3.63, 3.8) is 0 Å². The van der Waals surface area contributed by atoms with Gasteiger partial charge in [0.1, 0.15) is 0 Å². The summed E-state index contributed by atoms with van der Waals surface area (Å²) in [6, 6.07) is 7.82. The zero-order valence-electron chi connectivity index (χ0n) is 16.3. The van der Waals surface area contributed by atoms with Gasteiger partial charge in [0.15, 0.2) is 5.82 Å². The summed E-state index contributed by atoms with van der Waals surface area (Å²) in [5.41, 5.74) is 0.883. The van der Waals surface area contributed by atoms with Gasteiger partial charge in [-0.1, -0.05) is 30.3 Å². The van der Waals surface area contributed by atoms with Crippen molar-refractivity contribution < 1.29 is 12.9 Å². The largest absolute Gasteiger partial charge is 0.331 e. The number of piperidine rings is 1. The molecule has 1 aliphatic heterocycles. The van der Waals surface area contributed by atoms with Crippen LogP contribution in [0.5, 0.6) is 0 Å². The van der Waals surface area contributed by atoms with Gasteiger partial charge < -0.3 is 9.42 Å². The summed E-state index contributed by atoms with van der Waals surface area (Å²) in [6.45, 7) is 3.13. The molecule has 0 unspecified atom stereocenters. The maximum Gasteiger partial charge on any atom is 0.323 e. The molecule has 1 saturated heterocycles. The quantitative estimate of drug-likeness (QED) is 0.721. The van der Waals surface area contributed by atoms with Gasteiger partial charge in [0.05, 0.1) is 4.90 Å². The van der Waals surface area contributed by atoms with Gasteiger partial charge in [-0.3, -0.25) is 0 Å². The minimum absolute atomic E-state index is 0.453. The number of nitrogens with zero attached hydrogens (tertiary/aromatic N) is 4. The van der Waals surface area contributed by atoms with Crippen molar-refractivity contribution in [1.82, 2.24) is 14.4 Å². The van der Waals surface area contributed by atoms with E-state index in [1.54, 1.807) is 21.3 Å². The molecule has 7 nitrogen and oxygen atoms in total. The number of aryl methyl sites for hydroxylation is 2. The molecule has 8 heteroatoms. The van der Waals surface area contributed by atoms with Gasteiger partial charge in [-0.25, -0.2) is 8.42 Å². The van der Waals surface area contributed by atoms with Crippen molar-refractivity contribution in [3.8, 4) is 0 Å². The Morgan fingerprint density at radius 2 is 1.93 bits per heavy atom. The summed E-state index contributed by atoms with van der Waals surface area (Å²) in [4.78, 5) is 6.59. The summed E-state index contributed by atoms with van der Waals surface area (Å²) in [7, 11) is 0.317. The highest BCUT2D eigenvalue weighted by atomic mass is 32.2. The van der Waals surface area contributed by atoms with Crippen LogP contribution >= 0.6 is 0 Å². The molecular weight excluding hydrogens is 364 g/mol. The molecule has 2 heterocycles. The maximum atomic E-state index is 13.0. The summed E-state index contributed by atoms with van der Waals surface area (Å²) in [6.07, 6.45) is 4.16. The first kappa shape index (κ1) is 19.8. The molecule has 0 N–H and O–H groups in total. The first-order valence-corrected chi connectivity index (χ1v) is 10.9. The molecule has 1 aromatic heterocycles. The van der Waals surface area contributed by atoms with E-state index in [4.69, 9.17) is 4.52 Å². The van der Waals surface area contributed by atoms with Crippen LogP contribution in [0.1, 0.15) is 37.6 Å². The Labute approximate surface area is 161 Å². The predicted molar refractivity (Wildman–Crippen MR) is 104 cm³/mol. The van der Waals surface area contributed by atoms with Gasteiger partial charge in [-0.15, -0.1) is 0 Å². The van der Waals surface area contributed by atoms with E-state index in [-0.39, 0.29) is 0 Å². The van der Waals surface area contributed by atoms with Crippen LogP contribution in [-0.4, -0.2) is 50.0 Å². The smallest absolute Gasteiger partial charge is 0.323 e. The third-order valence-electron chi connectivity index (χ3n) is 5.16.